The van der Waals surface area contributed by atoms with Gasteiger partial charge in [-0.15, -0.1) is 5.10 Å². The van der Waals surface area contributed by atoms with Crippen molar-refractivity contribution in [2.24, 2.45) is 0 Å². The van der Waals surface area contributed by atoms with Crippen LogP contribution >= 0.6 is 0 Å². The summed E-state index contributed by atoms with van der Waals surface area (Å²) in [6, 6.07) is 8.94. The van der Waals surface area contributed by atoms with E-state index < -0.39 is 6.04 Å². The lowest BCUT2D eigenvalue weighted by atomic mass is 10.2. The molecule has 19 heavy (non-hydrogen) atoms. The zero-order valence-electron chi connectivity index (χ0n) is 11.0. The molecule has 1 amide bonds. The Morgan fingerprint density at radius 2 is 2.11 bits per heavy atom. The Balaban J connectivity index is 2.02. The minimum absolute atomic E-state index is 0.118. The van der Waals surface area contributed by atoms with Crippen molar-refractivity contribution in [2.45, 2.75) is 19.5 Å². The Morgan fingerprint density at radius 1 is 1.37 bits per heavy atom. The lowest BCUT2D eigenvalue weighted by Crippen LogP contribution is -2.24. The fourth-order valence-corrected chi connectivity index (χ4v) is 1.65. The van der Waals surface area contributed by atoms with Gasteiger partial charge in [-0.2, -0.15) is 0 Å². The third kappa shape index (κ3) is 3.38. The van der Waals surface area contributed by atoms with Crippen LogP contribution in [0.15, 0.2) is 36.5 Å². The molecule has 6 nitrogen and oxygen atoms in total. The lowest BCUT2D eigenvalue weighted by molar-refractivity contribution is -0.119. The largest absolute Gasteiger partial charge is 0.324 e. The second-order valence-corrected chi connectivity index (χ2v) is 4.25. The van der Waals surface area contributed by atoms with Crippen molar-refractivity contribution in [2.75, 3.05) is 12.4 Å². The van der Waals surface area contributed by atoms with Crippen LogP contribution in [0, 0.1) is 0 Å². The molecular formula is C13H17N5O. The van der Waals surface area contributed by atoms with Crippen LogP contribution in [0.4, 0.5) is 5.69 Å². The summed E-state index contributed by atoms with van der Waals surface area (Å²) in [7, 11) is 1.84. The second-order valence-electron chi connectivity index (χ2n) is 4.25. The van der Waals surface area contributed by atoms with Gasteiger partial charge in [0, 0.05) is 12.2 Å². The average Bonchev–Trinajstić information content (AvgIpc) is 2.88. The van der Waals surface area contributed by atoms with Crippen molar-refractivity contribution in [3.8, 4) is 0 Å². The maximum atomic E-state index is 12.1. The van der Waals surface area contributed by atoms with Crippen LogP contribution in [0.2, 0.25) is 0 Å². The van der Waals surface area contributed by atoms with E-state index in [2.05, 4.69) is 20.9 Å². The van der Waals surface area contributed by atoms with Crippen LogP contribution < -0.4 is 10.6 Å². The van der Waals surface area contributed by atoms with Gasteiger partial charge < -0.3 is 10.6 Å². The number of hydrogen-bond acceptors (Lipinski definition) is 4. The van der Waals surface area contributed by atoms with Gasteiger partial charge in [-0.3, -0.25) is 4.79 Å². The molecular weight excluding hydrogens is 242 g/mol. The highest BCUT2D eigenvalue weighted by molar-refractivity contribution is 5.93. The van der Waals surface area contributed by atoms with Gasteiger partial charge in [0.2, 0.25) is 5.91 Å². The van der Waals surface area contributed by atoms with E-state index in [4.69, 9.17) is 0 Å². The Morgan fingerprint density at radius 3 is 2.79 bits per heavy atom. The molecule has 100 valence electrons. The van der Waals surface area contributed by atoms with Gasteiger partial charge in [-0.05, 0) is 26.1 Å². The van der Waals surface area contributed by atoms with Crippen LogP contribution in [0.5, 0.6) is 0 Å². The maximum absolute atomic E-state index is 12.1. The number of rotatable bonds is 5. The van der Waals surface area contributed by atoms with E-state index in [1.165, 1.54) is 0 Å². The number of aromatic nitrogens is 3. The molecule has 1 heterocycles. The molecule has 6 heteroatoms. The number of para-hydroxylation sites is 1. The summed E-state index contributed by atoms with van der Waals surface area (Å²) < 4.78 is 1.56. The number of amides is 1. The van der Waals surface area contributed by atoms with E-state index in [-0.39, 0.29) is 5.91 Å². The van der Waals surface area contributed by atoms with E-state index in [9.17, 15) is 4.79 Å². The molecule has 1 unspecified atom stereocenters. The van der Waals surface area contributed by atoms with Crippen LogP contribution in [-0.4, -0.2) is 27.9 Å². The molecule has 1 aromatic heterocycles. The standard InChI is InChI=1S/C13H17N5O/c1-10(18-9-12(8-14-2)16-17-18)13(19)15-11-6-4-3-5-7-11/h3-7,9-10,14H,8H2,1-2H3,(H,15,19). The van der Waals surface area contributed by atoms with Crippen molar-refractivity contribution in [1.29, 1.82) is 0 Å². The molecule has 1 atom stereocenters. The molecule has 0 saturated carbocycles. The minimum Gasteiger partial charge on any atom is -0.324 e. The summed E-state index contributed by atoms with van der Waals surface area (Å²) in [4.78, 5) is 12.1. The van der Waals surface area contributed by atoms with Gasteiger partial charge in [0.1, 0.15) is 6.04 Å². The quantitative estimate of drug-likeness (QED) is 0.846. The zero-order chi connectivity index (χ0) is 13.7. The number of benzene rings is 1. The Labute approximate surface area is 111 Å². The van der Waals surface area contributed by atoms with Gasteiger partial charge in [0.05, 0.1) is 11.9 Å². The normalized spacial score (nSPS) is 12.1. The van der Waals surface area contributed by atoms with Gasteiger partial charge in [-0.1, -0.05) is 23.4 Å². The summed E-state index contributed by atoms with van der Waals surface area (Å²) in [5.41, 5.74) is 1.58. The molecule has 2 N–H and O–H groups in total. The Bertz CT molecular complexity index is 537. The van der Waals surface area contributed by atoms with Crippen LogP contribution in [0.25, 0.3) is 0 Å². The molecule has 0 saturated heterocycles. The van der Waals surface area contributed by atoms with Gasteiger partial charge in [0.25, 0.3) is 0 Å². The number of hydrogen-bond donors (Lipinski definition) is 2. The fraction of sp³-hybridized carbons (Fsp3) is 0.308. The number of carbonyl (C=O) groups excluding carboxylic acids is 1. The van der Waals surface area contributed by atoms with Crippen molar-refractivity contribution in [1.82, 2.24) is 20.3 Å². The van der Waals surface area contributed by atoms with Gasteiger partial charge >= 0.3 is 0 Å². The molecule has 0 bridgehead atoms. The topological polar surface area (TPSA) is 71.8 Å². The minimum atomic E-state index is -0.404. The Hall–Kier alpha value is -2.21. The van der Waals surface area contributed by atoms with E-state index in [1.807, 2.05) is 37.4 Å². The number of nitrogens with zero attached hydrogens (tertiary/aromatic N) is 3. The highest BCUT2D eigenvalue weighted by Crippen LogP contribution is 2.10. The Kier molecular flexibility index (Phi) is 4.25. The molecule has 0 aliphatic heterocycles. The molecule has 2 aromatic rings. The first-order valence-electron chi connectivity index (χ1n) is 6.12. The van der Waals surface area contributed by atoms with Crippen molar-refractivity contribution in [3.63, 3.8) is 0 Å². The lowest BCUT2D eigenvalue weighted by Gasteiger charge is -2.11. The first-order valence-corrected chi connectivity index (χ1v) is 6.12. The summed E-state index contributed by atoms with van der Waals surface area (Å²) in [5.74, 6) is -0.118. The van der Waals surface area contributed by atoms with Gasteiger partial charge in [-0.25, -0.2) is 4.68 Å². The maximum Gasteiger partial charge on any atom is 0.249 e. The second kappa shape index (κ2) is 6.10. The summed E-state index contributed by atoms with van der Waals surface area (Å²) in [6.07, 6.45) is 1.77. The van der Waals surface area contributed by atoms with Crippen molar-refractivity contribution < 1.29 is 4.79 Å². The fourth-order valence-electron chi connectivity index (χ4n) is 1.65. The van der Waals surface area contributed by atoms with Gasteiger partial charge in [0.15, 0.2) is 0 Å². The van der Waals surface area contributed by atoms with Crippen molar-refractivity contribution in [3.05, 3.63) is 42.2 Å². The molecule has 0 fully saturated rings. The first kappa shape index (κ1) is 13.2. The number of nitrogens with one attached hydrogen (secondary N) is 2. The smallest absolute Gasteiger partial charge is 0.249 e. The third-order valence-corrected chi connectivity index (χ3v) is 2.73. The predicted molar refractivity (Wildman–Crippen MR) is 72.6 cm³/mol. The highest BCUT2D eigenvalue weighted by atomic mass is 16.2. The summed E-state index contributed by atoms with van der Waals surface area (Å²) in [5, 5.41) is 13.8. The average molecular weight is 259 g/mol. The molecule has 0 spiro atoms. The SMILES string of the molecule is CNCc1cn(C(C)C(=O)Nc2ccccc2)nn1. The third-order valence-electron chi connectivity index (χ3n) is 2.73. The van der Waals surface area contributed by atoms with E-state index in [0.717, 1.165) is 11.4 Å². The number of anilines is 1. The summed E-state index contributed by atoms with van der Waals surface area (Å²) in [6.45, 7) is 2.42. The predicted octanol–water partition coefficient (Wildman–Crippen LogP) is 1.20. The van der Waals surface area contributed by atoms with Crippen LogP contribution in [-0.2, 0) is 11.3 Å². The van der Waals surface area contributed by atoms with Crippen molar-refractivity contribution >= 4 is 11.6 Å². The molecule has 0 aliphatic rings. The van der Waals surface area contributed by atoms with E-state index in [0.29, 0.717) is 6.54 Å². The molecule has 0 aliphatic carbocycles. The first-order chi connectivity index (χ1) is 9.20. The molecule has 0 radical (unpaired) electrons. The van der Waals surface area contributed by atoms with Crippen LogP contribution in [0.3, 0.4) is 0 Å². The number of carbonyl (C=O) groups is 1. The van der Waals surface area contributed by atoms with E-state index in [1.54, 1.807) is 17.8 Å². The molecule has 1 aromatic carbocycles. The summed E-state index contributed by atoms with van der Waals surface area (Å²) >= 11 is 0. The van der Waals surface area contributed by atoms with E-state index >= 15 is 0 Å². The zero-order valence-corrected chi connectivity index (χ0v) is 11.0. The highest BCUT2D eigenvalue weighted by Gasteiger charge is 2.16. The monoisotopic (exact) mass is 259 g/mol. The van der Waals surface area contributed by atoms with Crippen LogP contribution in [0.1, 0.15) is 18.7 Å². The molecule has 2 rings (SSSR count).